The highest BCUT2D eigenvalue weighted by Gasteiger charge is 2.19. The molecule has 0 spiro atoms. The van der Waals surface area contributed by atoms with E-state index in [2.05, 4.69) is 46.0 Å². The molecule has 4 nitrogen and oxygen atoms in total. The molecule has 0 bridgehead atoms. The fourth-order valence-electron chi connectivity index (χ4n) is 3.39. The quantitative estimate of drug-likeness (QED) is 0.414. The van der Waals surface area contributed by atoms with Crippen LogP contribution < -0.4 is 5.73 Å². The normalized spacial score (nSPS) is 20.4. The first-order valence-electron chi connectivity index (χ1n) is 9.11. The Kier molecular flexibility index (Phi) is 8.85. The second-order valence-corrected chi connectivity index (χ2v) is 8.23. The molecule has 2 saturated heterocycles. The van der Waals surface area contributed by atoms with Crippen molar-refractivity contribution in [3.05, 3.63) is 35.4 Å². The fraction of sp³-hybridized carbons (Fsp3) is 0.632. The van der Waals surface area contributed by atoms with Crippen LogP contribution >= 0.6 is 35.7 Å². The Bertz CT molecular complexity index is 535. The van der Waals surface area contributed by atoms with Gasteiger partial charge in [0.15, 0.2) is 5.96 Å². The zero-order chi connectivity index (χ0) is 16.8. The molecule has 2 N–H and O–H groups in total. The van der Waals surface area contributed by atoms with E-state index in [1.807, 2.05) is 11.8 Å². The summed E-state index contributed by atoms with van der Waals surface area (Å²) in [5, 5.41) is 0. The van der Waals surface area contributed by atoms with Crippen LogP contribution in [-0.4, -0.2) is 60.0 Å². The summed E-state index contributed by atoms with van der Waals surface area (Å²) in [6, 6.07) is 8.92. The number of rotatable bonds is 4. The molecule has 0 aromatic heterocycles. The molecule has 0 saturated carbocycles. The average Bonchev–Trinajstić information content (AvgIpc) is 2.63. The SMILES string of the molecule is Cc1ccc(CN2CCC(CN=C(N)N3CCSCC3)CC2)cc1.I. The largest absolute Gasteiger partial charge is 0.370 e. The van der Waals surface area contributed by atoms with Crippen LogP contribution in [-0.2, 0) is 6.54 Å². The lowest BCUT2D eigenvalue weighted by molar-refractivity contribution is 0.180. The number of aryl methyl sites for hydroxylation is 1. The Balaban J connectivity index is 0.00000225. The molecule has 140 valence electrons. The van der Waals surface area contributed by atoms with Gasteiger partial charge in [0.2, 0.25) is 0 Å². The first kappa shape index (κ1) is 20.8. The number of benzene rings is 1. The van der Waals surface area contributed by atoms with Crippen molar-refractivity contribution in [2.45, 2.75) is 26.3 Å². The maximum Gasteiger partial charge on any atom is 0.191 e. The van der Waals surface area contributed by atoms with E-state index in [0.29, 0.717) is 5.92 Å². The summed E-state index contributed by atoms with van der Waals surface area (Å²) in [5.41, 5.74) is 8.92. The van der Waals surface area contributed by atoms with E-state index in [9.17, 15) is 0 Å². The van der Waals surface area contributed by atoms with Crippen LogP contribution in [0.3, 0.4) is 0 Å². The van der Waals surface area contributed by atoms with Gasteiger partial charge >= 0.3 is 0 Å². The van der Waals surface area contributed by atoms with Gasteiger partial charge in [-0.25, -0.2) is 0 Å². The first-order chi connectivity index (χ1) is 11.7. The lowest BCUT2D eigenvalue weighted by Gasteiger charge is -2.32. The highest BCUT2D eigenvalue weighted by Crippen LogP contribution is 2.20. The molecule has 2 aliphatic heterocycles. The lowest BCUT2D eigenvalue weighted by Crippen LogP contribution is -2.43. The van der Waals surface area contributed by atoms with Crippen LogP contribution in [0, 0.1) is 12.8 Å². The van der Waals surface area contributed by atoms with Crippen LogP contribution in [0.2, 0.25) is 0 Å². The monoisotopic (exact) mass is 474 g/mol. The zero-order valence-electron chi connectivity index (χ0n) is 15.2. The maximum absolute atomic E-state index is 6.16. The number of hydrogen-bond acceptors (Lipinski definition) is 3. The first-order valence-corrected chi connectivity index (χ1v) is 10.3. The Morgan fingerprint density at radius 2 is 1.76 bits per heavy atom. The predicted octanol–water partition coefficient (Wildman–Crippen LogP) is 3.19. The standard InChI is InChI=1S/C19H30N4S.HI/c1-16-2-4-18(5-3-16)15-22-8-6-17(7-9-22)14-21-19(20)23-10-12-24-13-11-23;/h2-5,17H,6-15H2,1H3,(H2,20,21);1H. The van der Waals surface area contributed by atoms with Crippen LogP contribution in [0.15, 0.2) is 29.3 Å². The Hall–Kier alpha value is -0.470. The molecule has 2 fully saturated rings. The number of hydrogen-bond donors (Lipinski definition) is 1. The van der Waals surface area contributed by atoms with Crippen LogP contribution in [0.4, 0.5) is 0 Å². The molecule has 0 unspecified atom stereocenters. The highest BCUT2D eigenvalue weighted by atomic mass is 127. The highest BCUT2D eigenvalue weighted by molar-refractivity contribution is 14.0. The summed E-state index contributed by atoms with van der Waals surface area (Å²) in [7, 11) is 0. The van der Waals surface area contributed by atoms with Crippen molar-refractivity contribution in [2.24, 2.45) is 16.6 Å². The van der Waals surface area contributed by atoms with E-state index in [4.69, 9.17) is 5.73 Å². The molecule has 0 atom stereocenters. The third-order valence-corrected chi connectivity index (χ3v) is 6.02. The smallest absolute Gasteiger partial charge is 0.191 e. The van der Waals surface area contributed by atoms with Gasteiger partial charge in [-0.05, 0) is 44.3 Å². The van der Waals surface area contributed by atoms with E-state index in [-0.39, 0.29) is 24.0 Å². The topological polar surface area (TPSA) is 44.9 Å². The molecule has 1 aromatic rings. The van der Waals surface area contributed by atoms with Gasteiger partial charge in [-0.2, -0.15) is 11.8 Å². The minimum absolute atomic E-state index is 0. The van der Waals surface area contributed by atoms with Gasteiger partial charge in [-0.1, -0.05) is 29.8 Å². The van der Waals surface area contributed by atoms with Crippen LogP contribution in [0.5, 0.6) is 0 Å². The van der Waals surface area contributed by atoms with E-state index in [0.717, 1.165) is 32.1 Å². The van der Waals surface area contributed by atoms with Crippen molar-refractivity contribution in [1.82, 2.24) is 9.80 Å². The molecule has 3 rings (SSSR count). The molecule has 25 heavy (non-hydrogen) atoms. The number of thioether (sulfide) groups is 1. The molecule has 1 aromatic carbocycles. The van der Waals surface area contributed by atoms with Gasteiger partial charge < -0.3 is 10.6 Å². The average molecular weight is 474 g/mol. The predicted molar refractivity (Wildman–Crippen MR) is 120 cm³/mol. The van der Waals surface area contributed by atoms with Crippen LogP contribution in [0.1, 0.15) is 24.0 Å². The van der Waals surface area contributed by atoms with Crippen molar-refractivity contribution < 1.29 is 0 Å². The zero-order valence-corrected chi connectivity index (χ0v) is 18.3. The second-order valence-electron chi connectivity index (χ2n) is 7.00. The van der Waals surface area contributed by atoms with Gasteiger partial charge in [0.1, 0.15) is 0 Å². The molecular weight excluding hydrogens is 443 g/mol. The number of nitrogens with two attached hydrogens (primary N) is 1. The molecule has 0 amide bonds. The summed E-state index contributed by atoms with van der Waals surface area (Å²) in [6.07, 6.45) is 2.47. The third-order valence-electron chi connectivity index (χ3n) is 5.08. The minimum atomic E-state index is 0. The van der Waals surface area contributed by atoms with Crippen molar-refractivity contribution in [2.75, 3.05) is 44.2 Å². The number of halogens is 1. The Labute approximate surface area is 173 Å². The maximum atomic E-state index is 6.16. The van der Waals surface area contributed by atoms with Gasteiger partial charge in [-0.15, -0.1) is 24.0 Å². The van der Waals surface area contributed by atoms with E-state index >= 15 is 0 Å². The van der Waals surface area contributed by atoms with E-state index in [1.165, 1.54) is 48.6 Å². The Morgan fingerprint density at radius 3 is 2.40 bits per heavy atom. The summed E-state index contributed by atoms with van der Waals surface area (Å²) < 4.78 is 0. The molecule has 0 radical (unpaired) electrons. The summed E-state index contributed by atoms with van der Waals surface area (Å²) in [6.45, 7) is 8.56. The van der Waals surface area contributed by atoms with Crippen molar-refractivity contribution in [1.29, 1.82) is 0 Å². The Morgan fingerprint density at radius 1 is 1.12 bits per heavy atom. The van der Waals surface area contributed by atoms with Crippen LogP contribution in [0.25, 0.3) is 0 Å². The van der Waals surface area contributed by atoms with Gasteiger partial charge in [0.05, 0.1) is 0 Å². The van der Waals surface area contributed by atoms with E-state index < -0.39 is 0 Å². The van der Waals surface area contributed by atoms with Gasteiger partial charge in [0, 0.05) is 37.7 Å². The molecular formula is C19H31IN4S. The summed E-state index contributed by atoms with van der Waals surface area (Å²) in [5.74, 6) is 3.80. The fourth-order valence-corrected chi connectivity index (χ4v) is 4.30. The second kappa shape index (κ2) is 10.6. The summed E-state index contributed by atoms with van der Waals surface area (Å²) >= 11 is 2.01. The van der Waals surface area contributed by atoms with Gasteiger partial charge in [0.25, 0.3) is 0 Å². The van der Waals surface area contributed by atoms with E-state index in [1.54, 1.807) is 0 Å². The lowest BCUT2D eigenvalue weighted by atomic mass is 9.96. The van der Waals surface area contributed by atoms with Crippen molar-refractivity contribution in [3.63, 3.8) is 0 Å². The molecule has 2 aliphatic rings. The van der Waals surface area contributed by atoms with Crippen molar-refractivity contribution >= 4 is 41.7 Å². The summed E-state index contributed by atoms with van der Waals surface area (Å²) in [4.78, 5) is 9.49. The number of likely N-dealkylation sites (tertiary alicyclic amines) is 1. The number of piperidine rings is 1. The molecule has 2 heterocycles. The minimum Gasteiger partial charge on any atom is -0.370 e. The number of aliphatic imine (C=N–C) groups is 1. The third kappa shape index (κ3) is 6.64. The van der Waals surface area contributed by atoms with Gasteiger partial charge in [-0.3, -0.25) is 9.89 Å². The molecule has 6 heteroatoms. The number of nitrogens with zero attached hydrogens (tertiary/aromatic N) is 3. The van der Waals surface area contributed by atoms with Crippen molar-refractivity contribution in [3.8, 4) is 0 Å². The molecule has 0 aliphatic carbocycles. The number of guanidine groups is 1.